The van der Waals surface area contributed by atoms with Crippen molar-refractivity contribution in [2.24, 2.45) is 7.05 Å². The minimum atomic E-state index is -0.274. The average molecular weight is 516 g/mol. The van der Waals surface area contributed by atoms with Crippen molar-refractivity contribution in [1.82, 2.24) is 24.2 Å². The number of aryl methyl sites for hydroxylation is 2. The summed E-state index contributed by atoms with van der Waals surface area (Å²) in [5.41, 5.74) is 6.03. The van der Waals surface area contributed by atoms with Crippen LogP contribution in [0.25, 0.3) is 0 Å². The van der Waals surface area contributed by atoms with E-state index in [9.17, 15) is 4.39 Å². The molecule has 0 saturated carbocycles. The minimum absolute atomic E-state index is 0.136. The number of hydrogen-bond donors (Lipinski definition) is 2. The number of nitrogens with one attached hydrogen (secondary N) is 2. The van der Waals surface area contributed by atoms with Crippen molar-refractivity contribution < 1.29 is 4.39 Å². The normalized spacial score (nSPS) is 16.6. The molecule has 0 aliphatic carbocycles. The molecule has 9 heteroatoms. The predicted molar refractivity (Wildman–Crippen MR) is 147 cm³/mol. The quantitative estimate of drug-likeness (QED) is 0.236. The molecule has 1 unspecified atom stereocenters. The Morgan fingerprint density at radius 2 is 1.89 bits per heavy atom. The zero-order valence-corrected chi connectivity index (χ0v) is 21.8. The van der Waals surface area contributed by atoms with E-state index in [2.05, 4.69) is 68.0 Å². The van der Waals surface area contributed by atoms with Crippen LogP contribution in [0.15, 0.2) is 78.0 Å². The van der Waals surface area contributed by atoms with Crippen molar-refractivity contribution >= 4 is 29.5 Å². The van der Waals surface area contributed by atoms with E-state index in [1.54, 1.807) is 35.1 Å². The van der Waals surface area contributed by atoms with Gasteiger partial charge in [0, 0.05) is 62.4 Å². The molecule has 0 spiro atoms. The Hall–Kier alpha value is -3.53. The molecule has 0 radical (unpaired) electrons. The van der Waals surface area contributed by atoms with Crippen LogP contribution in [0.1, 0.15) is 28.3 Å². The van der Waals surface area contributed by atoms with E-state index in [1.807, 2.05) is 13.1 Å². The zero-order valence-electron chi connectivity index (χ0n) is 20.9. The summed E-state index contributed by atoms with van der Waals surface area (Å²) in [6.45, 7) is 5.60. The van der Waals surface area contributed by atoms with E-state index in [1.165, 1.54) is 29.5 Å². The summed E-state index contributed by atoms with van der Waals surface area (Å²) in [7, 11) is 1.83. The molecule has 1 aromatic heterocycles. The Morgan fingerprint density at radius 1 is 1.11 bits per heavy atom. The second-order valence-electron chi connectivity index (χ2n) is 9.20. The van der Waals surface area contributed by atoms with Crippen molar-refractivity contribution in [3.8, 4) is 0 Å². The maximum atomic E-state index is 13.4. The van der Waals surface area contributed by atoms with Crippen molar-refractivity contribution in [1.29, 1.82) is 5.41 Å². The van der Waals surface area contributed by atoms with E-state index in [4.69, 9.17) is 5.41 Å². The molecule has 0 bridgehead atoms. The van der Waals surface area contributed by atoms with Gasteiger partial charge in [-0.15, -0.1) is 5.10 Å². The zero-order chi connectivity index (χ0) is 25.8. The molecular formula is C28H30FN7S. The minimum Gasteiger partial charge on any atom is -0.355 e. The topological polar surface area (TPSA) is 73.1 Å². The number of piperazine rings is 1. The van der Waals surface area contributed by atoms with Crippen molar-refractivity contribution in [2.45, 2.75) is 24.5 Å². The summed E-state index contributed by atoms with van der Waals surface area (Å²) in [6, 6.07) is 21.2. The lowest BCUT2D eigenvalue weighted by Gasteiger charge is -2.41. The van der Waals surface area contributed by atoms with Gasteiger partial charge in [0.05, 0.1) is 6.20 Å². The van der Waals surface area contributed by atoms with Gasteiger partial charge in [-0.3, -0.25) is 4.90 Å². The van der Waals surface area contributed by atoms with Gasteiger partial charge < -0.3 is 10.7 Å². The average Bonchev–Trinajstić information content (AvgIpc) is 3.31. The van der Waals surface area contributed by atoms with Gasteiger partial charge in [-0.1, -0.05) is 30.3 Å². The third-order valence-electron chi connectivity index (χ3n) is 6.56. The number of benzene rings is 3. The van der Waals surface area contributed by atoms with Crippen molar-refractivity contribution in [3.05, 3.63) is 101 Å². The van der Waals surface area contributed by atoms with Gasteiger partial charge in [0.15, 0.2) is 5.03 Å². The molecule has 1 atom stereocenters. The maximum absolute atomic E-state index is 13.4. The third kappa shape index (κ3) is 6.07. The van der Waals surface area contributed by atoms with E-state index in [0.29, 0.717) is 0 Å². The van der Waals surface area contributed by atoms with Gasteiger partial charge in [0.2, 0.25) is 0 Å². The number of hydrogen-bond acceptors (Lipinski definition) is 7. The third-order valence-corrected chi connectivity index (χ3v) is 7.52. The predicted octanol–water partition coefficient (Wildman–Crippen LogP) is 5.57. The molecule has 7 nitrogen and oxygen atoms in total. The standard InChI is InChI=1S/C28H30FN7S/c1-20-14-26(32-24-10-8-23(29)9-11-24)22(16-30)15-25(20)27-19-36(37-28-17-31-34(2)33-28)13-12-35(27)18-21-6-4-3-5-7-21/h3-11,14-17,27,30,32H,12-13,18-19H2,1-2H3. The summed E-state index contributed by atoms with van der Waals surface area (Å²) >= 11 is 1.64. The number of aromatic nitrogens is 3. The van der Waals surface area contributed by atoms with Gasteiger partial charge in [-0.25, -0.2) is 8.70 Å². The molecule has 1 saturated heterocycles. The fourth-order valence-electron chi connectivity index (χ4n) is 4.70. The Morgan fingerprint density at radius 3 is 2.59 bits per heavy atom. The highest BCUT2D eigenvalue weighted by molar-refractivity contribution is 7.97. The highest BCUT2D eigenvalue weighted by Gasteiger charge is 2.31. The number of rotatable bonds is 8. The fraction of sp³-hybridized carbons (Fsp3) is 0.250. The molecule has 3 aromatic carbocycles. The molecule has 4 aromatic rings. The molecule has 37 heavy (non-hydrogen) atoms. The van der Waals surface area contributed by atoms with Gasteiger partial charge in [-0.05, 0) is 72.0 Å². The lowest BCUT2D eigenvalue weighted by Crippen LogP contribution is -2.45. The van der Waals surface area contributed by atoms with Crippen LogP contribution in [0.3, 0.4) is 0 Å². The van der Waals surface area contributed by atoms with Crippen LogP contribution in [0, 0.1) is 18.2 Å². The second kappa shape index (κ2) is 11.2. The van der Waals surface area contributed by atoms with E-state index >= 15 is 0 Å². The summed E-state index contributed by atoms with van der Waals surface area (Å²) in [6.07, 6.45) is 3.18. The highest BCUT2D eigenvalue weighted by atomic mass is 32.2. The maximum Gasteiger partial charge on any atom is 0.153 e. The lowest BCUT2D eigenvalue weighted by atomic mass is 9.94. The van der Waals surface area contributed by atoms with Crippen LogP contribution in [0.4, 0.5) is 15.8 Å². The largest absolute Gasteiger partial charge is 0.355 e. The Balaban J connectivity index is 1.45. The molecule has 5 rings (SSSR count). The van der Waals surface area contributed by atoms with Crippen LogP contribution in [0.2, 0.25) is 0 Å². The highest BCUT2D eigenvalue weighted by Crippen LogP contribution is 2.36. The summed E-state index contributed by atoms with van der Waals surface area (Å²) in [4.78, 5) is 4.10. The Kier molecular flexibility index (Phi) is 7.64. The fourth-order valence-corrected chi connectivity index (χ4v) is 5.60. The van der Waals surface area contributed by atoms with Crippen LogP contribution in [-0.4, -0.2) is 50.0 Å². The van der Waals surface area contributed by atoms with E-state index in [0.717, 1.165) is 53.7 Å². The van der Waals surface area contributed by atoms with Crippen LogP contribution in [0.5, 0.6) is 0 Å². The molecule has 1 aliphatic heterocycles. The number of anilines is 2. The smallest absolute Gasteiger partial charge is 0.153 e. The molecular weight excluding hydrogens is 485 g/mol. The number of nitrogens with zero attached hydrogens (tertiary/aromatic N) is 5. The first-order chi connectivity index (χ1) is 18.0. The first-order valence-electron chi connectivity index (χ1n) is 12.2. The van der Waals surface area contributed by atoms with Crippen LogP contribution >= 0.6 is 11.9 Å². The number of halogens is 1. The molecule has 190 valence electrons. The van der Waals surface area contributed by atoms with E-state index in [-0.39, 0.29) is 11.9 Å². The molecule has 1 fully saturated rings. The van der Waals surface area contributed by atoms with Crippen molar-refractivity contribution in [2.75, 3.05) is 25.0 Å². The molecule has 2 N–H and O–H groups in total. The molecule has 2 heterocycles. The summed E-state index contributed by atoms with van der Waals surface area (Å²) in [5.74, 6) is -0.274. The molecule has 1 aliphatic rings. The first-order valence-corrected chi connectivity index (χ1v) is 13.0. The SMILES string of the molecule is Cc1cc(Nc2ccc(F)cc2)c(C=N)cc1C1CN(Sc2cnn(C)n2)CCN1Cc1ccccc1. The molecule has 0 amide bonds. The van der Waals surface area contributed by atoms with Crippen LogP contribution < -0.4 is 5.32 Å². The first kappa shape index (κ1) is 25.1. The van der Waals surface area contributed by atoms with Crippen molar-refractivity contribution in [3.63, 3.8) is 0 Å². The van der Waals surface area contributed by atoms with Gasteiger partial charge in [0.1, 0.15) is 5.82 Å². The monoisotopic (exact) mass is 515 g/mol. The van der Waals surface area contributed by atoms with Crippen LogP contribution in [-0.2, 0) is 13.6 Å². The van der Waals surface area contributed by atoms with Gasteiger partial charge >= 0.3 is 0 Å². The Labute approximate surface area is 220 Å². The second-order valence-corrected chi connectivity index (χ2v) is 10.3. The summed E-state index contributed by atoms with van der Waals surface area (Å²) in [5, 5.41) is 21.0. The van der Waals surface area contributed by atoms with Gasteiger partial charge in [-0.2, -0.15) is 9.90 Å². The lowest BCUT2D eigenvalue weighted by molar-refractivity contribution is 0.116. The van der Waals surface area contributed by atoms with Gasteiger partial charge in [0.25, 0.3) is 0 Å². The Bertz CT molecular complexity index is 1360. The summed E-state index contributed by atoms with van der Waals surface area (Å²) < 4.78 is 15.7. The van der Waals surface area contributed by atoms with E-state index < -0.39 is 0 Å².